The van der Waals surface area contributed by atoms with Gasteiger partial charge in [-0.3, -0.25) is 0 Å². The van der Waals surface area contributed by atoms with E-state index in [9.17, 15) is 5.26 Å². The van der Waals surface area contributed by atoms with E-state index in [2.05, 4.69) is 70.1 Å². The molecular formula is C38H19N3O2. The van der Waals surface area contributed by atoms with E-state index >= 15 is 0 Å². The lowest BCUT2D eigenvalue weighted by Gasteiger charge is -2.10. The van der Waals surface area contributed by atoms with Crippen LogP contribution >= 0.6 is 0 Å². The summed E-state index contributed by atoms with van der Waals surface area (Å²) in [5, 5.41) is 16.4. The monoisotopic (exact) mass is 549 g/mol. The minimum atomic E-state index is 0.435. The number of nitrogens with zero attached hydrogens (tertiary/aromatic N) is 3. The lowest BCUT2D eigenvalue weighted by atomic mass is 10.00. The molecule has 0 N–H and O–H groups in total. The number of furan rings is 2. The van der Waals surface area contributed by atoms with E-state index in [0.717, 1.165) is 82.5 Å². The third-order valence-corrected chi connectivity index (χ3v) is 8.45. The summed E-state index contributed by atoms with van der Waals surface area (Å²) in [5.74, 6) is 0. The summed E-state index contributed by atoms with van der Waals surface area (Å²) in [7, 11) is 0. The van der Waals surface area contributed by atoms with Gasteiger partial charge < -0.3 is 13.4 Å². The van der Waals surface area contributed by atoms with Crippen molar-refractivity contribution in [3.8, 4) is 22.9 Å². The van der Waals surface area contributed by atoms with Crippen molar-refractivity contribution in [2.75, 3.05) is 0 Å². The van der Waals surface area contributed by atoms with Crippen molar-refractivity contribution >= 4 is 71.4 Å². The lowest BCUT2D eigenvalue weighted by molar-refractivity contribution is 0.669. The van der Waals surface area contributed by atoms with Gasteiger partial charge in [-0.1, -0.05) is 54.6 Å². The molecule has 3 aromatic heterocycles. The highest BCUT2D eigenvalue weighted by molar-refractivity contribution is 6.24. The van der Waals surface area contributed by atoms with Crippen molar-refractivity contribution in [3.05, 3.63) is 132 Å². The van der Waals surface area contributed by atoms with E-state index in [0.29, 0.717) is 11.3 Å². The first kappa shape index (κ1) is 23.4. The van der Waals surface area contributed by atoms with Gasteiger partial charge in [0.05, 0.1) is 40.3 Å². The predicted molar refractivity (Wildman–Crippen MR) is 172 cm³/mol. The number of benzene rings is 6. The second-order valence-corrected chi connectivity index (χ2v) is 10.7. The molecule has 0 saturated heterocycles. The number of hydrogen-bond donors (Lipinski definition) is 0. The molecule has 3 heterocycles. The van der Waals surface area contributed by atoms with Crippen molar-refractivity contribution in [2.45, 2.75) is 0 Å². The van der Waals surface area contributed by atoms with E-state index in [1.807, 2.05) is 48.5 Å². The van der Waals surface area contributed by atoms with Crippen LogP contribution in [0.2, 0.25) is 0 Å². The van der Waals surface area contributed by atoms with Gasteiger partial charge in [-0.15, -0.1) is 0 Å². The highest BCUT2D eigenvalue weighted by Crippen LogP contribution is 2.43. The molecule has 43 heavy (non-hydrogen) atoms. The van der Waals surface area contributed by atoms with Crippen LogP contribution in [0.5, 0.6) is 0 Å². The van der Waals surface area contributed by atoms with Gasteiger partial charge in [0.15, 0.2) is 5.69 Å². The number of aromatic nitrogens is 1. The van der Waals surface area contributed by atoms with Crippen LogP contribution in [0, 0.1) is 17.9 Å². The molecule has 6 aromatic carbocycles. The first-order valence-corrected chi connectivity index (χ1v) is 13.9. The van der Waals surface area contributed by atoms with Gasteiger partial charge in [0.25, 0.3) is 0 Å². The molecule has 0 saturated carbocycles. The molecule has 5 heteroatoms. The van der Waals surface area contributed by atoms with E-state index in [1.165, 1.54) is 0 Å². The van der Waals surface area contributed by atoms with E-state index in [4.69, 9.17) is 15.4 Å². The molecule has 5 nitrogen and oxygen atoms in total. The van der Waals surface area contributed by atoms with Gasteiger partial charge in [-0.2, -0.15) is 5.26 Å². The molecular weight excluding hydrogens is 530 g/mol. The number of para-hydroxylation sites is 2. The van der Waals surface area contributed by atoms with Crippen molar-refractivity contribution in [2.24, 2.45) is 0 Å². The zero-order valence-electron chi connectivity index (χ0n) is 22.6. The Morgan fingerprint density at radius 1 is 0.605 bits per heavy atom. The molecule has 0 radical (unpaired) electrons. The number of rotatable bonds is 2. The van der Waals surface area contributed by atoms with Crippen LogP contribution in [0.15, 0.2) is 124 Å². The summed E-state index contributed by atoms with van der Waals surface area (Å²) in [6.07, 6.45) is 0. The zero-order chi connectivity index (χ0) is 28.7. The average Bonchev–Trinajstić information content (AvgIpc) is 3.73. The van der Waals surface area contributed by atoms with Gasteiger partial charge in [0.2, 0.25) is 0 Å². The average molecular weight is 550 g/mol. The maximum absolute atomic E-state index is 10.1. The fourth-order valence-electron chi connectivity index (χ4n) is 6.51. The number of hydrogen-bond acceptors (Lipinski definition) is 3. The Labute approximate surface area is 244 Å². The van der Waals surface area contributed by atoms with Crippen molar-refractivity contribution in [1.29, 1.82) is 5.26 Å². The molecule has 0 unspecified atom stereocenters. The minimum Gasteiger partial charge on any atom is -0.456 e. The SMILES string of the molecule is [C-]#[N+]c1ccc(-n2c3ccc(-c4ccc5oc6ccccc6c5c4)cc3c3c4oc5ccccc5c4ccc32)c(C#N)c1. The molecule has 0 aliphatic rings. The highest BCUT2D eigenvalue weighted by Gasteiger charge is 2.21. The summed E-state index contributed by atoms with van der Waals surface area (Å²) in [6.45, 7) is 7.45. The van der Waals surface area contributed by atoms with Crippen LogP contribution in [0.25, 0.3) is 87.3 Å². The molecule has 0 aliphatic heterocycles. The van der Waals surface area contributed by atoms with Crippen LogP contribution < -0.4 is 0 Å². The van der Waals surface area contributed by atoms with Crippen LogP contribution in [-0.4, -0.2) is 4.57 Å². The quantitative estimate of drug-likeness (QED) is 0.202. The van der Waals surface area contributed by atoms with Crippen molar-refractivity contribution in [1.82, 2.24) is 4.57 Å². The molecule has 9 rings (SSSR count). The summed E-state index contributed by atoms with van der Waals surface area (Å²) in [5.41, 5.74) is 9.01. The maximum Gasteiger partial charge on any atom is 0.188 e. The van der Waals surface area contributed by atoms with Crippen molar-refractivity contribution in [3.63, 3.8) is 0 Å². The highest BCUT2D eigenvalue weighted by atomic mass is 16.3. The molecule has 0 spiro atoms. The summed E-state index contributed by atoms with van der Waals surface area (Å²) >= 11 is 0. The predicted octanol–water partition coefficient (Wildman–Crippen LogP) is 10.7. The second kappa shape index (κ2) is 8.60. The second-order valence-electron chi connectivity index (χ2n) is 10.7. The molecule has 198 valence electrons. The lowest BCUT2D eigenvalue weighted by Crippen LogP contribution is -1.97. The smallest absolute Gasteiger partial charge is 0.188 e. The Hall–Kier alpha value is -6.30. The van der Waals surface area contributed by atoms with Gasteiger partial charge in [-0.25, -0.2) is 4.85 Å². The number of fused-ring (bicyclic) bond motifs is 10. The first-order chi connectivity index (χ1) is 21.2. The third-order valence-electron chi connectivity index (χ3n) is 8.45. The van der Waals surface area contributed by atoms with Gasteiger partial charge in [-0.05, 0) is 71.8 Å². The Morgan fingerprint density at radius 3 is 2.07 bits per heavy atom. The van der Waals surface area contributed by atoms with Gasteiger partial charge in [0.1, 0.15) is 22.3 Å². The van der Waals surface area contributed by atoms with E-state index < -0.39 is 0 Å². The molecule has 0 atom stereocenters. The van der Waals surface area contributed by atoms with E-state index in [1.54, 1.807) is 12.1 Å². The van der Waals surface area contributed by atoms with Crippen LogP contribution in [0.1, 0.15) is 5.56 Å². The fourth-order valence-corrected chi connectivity index (χ4v) is 6.51. The molecule has 0 bridgehead atoms. The fraction of sp³-hybridized carbons (Fsp3) is 0. The van der Waals surface area contributed by atoms with Crippen molar-refractivity contribution < 1.29 is 8.83 Å². The van der Waals surface area contributed by atoms with Crippen LogP contribution in [0.3, 0.4) is 0 Å². The first-order valence-electron chi connectivity index (χ1n) is 13.9. The maximum atomic E-state index is 10.1. The third kappa shape index (κ3) is 3.25. The largest absolute Gasteiger partial charge is 0.456 e. The Morgan fingerprint density at radius 2 is 1.28 bits per heavy atom. The van der Waals surface area contributed by atoms with Crippen LogP contribution in [-0.2, 0) is 0 Å². The Kier molecular flexibility index (Phi) is 4.68. The van der Waals surface area contributed by atoms with E-state index in [-0.39, 0.29) is 0 Å². The zero-order valence-corrected chi connectivity index (χ0v) is 22.6. The standard InChI is InChI=1S/C38H19N3O2/c1-40-25-12-15-31(24(18-25)21-39)41-32-14-10-22(23-11-17-36-29(19-23)27-7-3-4-8-34(27)42-36)20-30(32)37-33(41)16-13-28-26-6-2-5-9-35(26)43-38(28)37/h2-20H. The summed E-state index contributed by atoms with van der Waals surface area (Å²) in [6, 6.07) is 40.7. The minimum absolute atomic E-state index is 0.435. The Balaban J connectivity index is 1.39. The molecule has 0 aliphatic carbocycles. The Bertz CT molecular complexity index is 2710. The van der Waals surface area contributed by atoms with Gasteiger partial charge >= 0.3 is 0 Å². The van der Waals surface area contributed by atoms with Crippen LogP contribution in [0.4, 0.5) is 5.69 Å². The normalized spacial score (nSPS) is 11.7. The topological polar surface area (TPSA) is 59.4 Å². The molecule has 9 aromatic rings. The summed E-state index contributed by atoms with van der Waals surface area (Å²) in [4.78, 5) is 3.54. The molecule has 0 amide bonds. The van der Waals surface area contributed by atoms with Gasteiger partial charge in [0, 0.05) is 26.9 Å². The molecule has 0 fully saturated rings. The summed E-state index contributed by atoms with van der Waals surface area (Å²) < 4.78 is 14.7. The number of nitriles is 1.